The van der Waals surface area contributed by atoms with Crippen LogP contribution in [0.5, 0.6) is 5.88 Å². The van der Waals surface area contributed by atoms with Crippen LogP contribution in [0.25, 0.3) is 22.5 Å². The zero-order chi connectivity index (χ0) is 19.8. The van der Waals surface area contributed by atoms with Crippen molar-refractivity contribution in [3.05, 3.63) is 54.1 Å². The molecular formula is C18H13F2N7O. The number of aryl methyl sites for hydroxylation is 1. The van der Waals surface area contributed by atoms with Crippen LogP contribution in [0, 0.1) is 18.3 Å². The van der Waals surface area contributed by atoms with Gasteiger partial charge in [-0.1, -0.05) is 0 Å². The van der Waals surface area contributed by atoms with Gasteiger partial charge in [-0.3, -0.25) is 4.57 Å². The van der Waals surface area contributed by atoms with Gasteiger partial charge in [-0.15, -0.1) is 5.10 Å². The van der Waals surface area contributed by atoms with E-state index in [4.69, 9.17) is 5.73 Å². The highest BCUT2D eigenvalue weighted by molar-refractivity contribution is 5.76. The van der Waals surface area contributed by atoms with E-state index in [1.54, 1.807) is 42.1 Å². The highest BCUT2D eigenvalue weighted by atomic mass is 19.3. The van der Waals surface area contributed by atoms with Crippen LogP contribution in [-0.2, 0) is 0 Å². The number of hydrogen-bond acceptors (Lipinski definition) is 6. The number of anilines is 1. The maximum Gasteiger partial charge on any atom is 0.388 e. The zero-order valence-corrected chi connectivity index (χ0v) is 14.5. The summed E-state index contributed by atoms with van der Waals surface area (Å²) in [6, 6.07) is 10.2. The molecule has 4 aromatic rings. The average molecular weight is 381 g/mol. The van der Waals surface area contributed by atoms with E-state index in [1.165, 1.54) is 16.9 Å². The minimum absolute atomic E-state index is 0.230. The third kappa shape index (κ3) is 2.99. The number of alkyl halides is 2. The number of rotatable bonds is 4. The fourth-order valence-electron chi connectivity index (χ4n) is 2.88. The Labute approximate surface area is 157 Å². The minimum Gasteiger partial charge on any atom is -0.415 e. The van der Waals surface area contributed by atoms with Crippen molar-refractivity contribution in [1.29, 1.82) is 5.26 Å². The van der Waals surface area contributed by atoms with E-state index in [9.17, 15) is 14.0 Å². The number of halogens is 2. The number of aromatic nitrogens is 5. The van der Waals surface area contributed by atoms with Crippen molar-refractivity contribution in [2.24, 2.45) is 0 Å². The smallest absolute Gasteiger partial charge is 0.388 e. The van der Waals surface area contributed by atoms with Gasteiger partial charge in [0.1, 0.15) is 17.9 Å². The molecule has 3 heterocycles. The lowest BCUT2D eigenvalue weighted by atomic mass is 10.1. The molecule has 0 bridgehead atoms. The Bertz CT molecular complexity index is 1220. The number of hydrogen-bond donors (Lipinski definition) is 1. The predicted molar refractivity (Wildman–Crippen MR) is 96.5 cm³/mol. The molecule has 0 saturated carbocycles. The van der Waals surface area contributed by atoms with Gasteiger partial charge in [-0.25, -0.2) is 14.6 Å². The Morgan fingerprint density at radius 2 is 2.04 bits per heavy atom. The molecule has 3 aromatic heterocycles. The normalized spacial score (nSPS) is 11.1. The number of imidazole rings is 1. The lowest BCUT2D eigenvalue weighted by Crippen LogP contribution is -2.06. The quantitative estimate of drug-likeness (QED) is 0.582. The Morgan fingerprint density at radius 1 is 1.21 bits per heavy atom. The fourth-order valence-corrected chi connectivity index (χ4v) is 2.88. The van der Waals surface area contributed by atoms with Crippen molar-refractivity contribution in [3.8, 4) is 23.3 Å². The Balaban J connectivity index is 1.85. The third-order valence-electron chi connectivity index (χ3n) is 4.09. The van der Waals surface area contributed by atoms with Gasteiger partial charge in [-0.05, 0) is 31.2 Å². The van der Waals surface area contributed by atoms with Gasteiger partial charge in [-0.2, -0.15) is 14.0 Å². The summed E-state index contributed by atoms with van der Waals surface area (Å²) >= 11 is 0. The first kappa shape index (κ1) is 17.4. The summed E-state index contributed by atoms with van der Waals surface area (Å²) in [5.74, 6) is -0.230. The van der Waals surface area contributed by atoms with E-state index in [1.807, 2.05) is 0 Å². The van der Waals surface area contributed by atoms with Crippen LogP contribution in [0.4, 0.5) is 14.5 Å². The lowest BCUT2D eigenvalue weighted by Gasteiger charge is -2.10. The molecule has 28 heavy (non-hydrogen) atoms. The summed E-state index contributed by atoms with van der Waals surface area (Å²) in [5, 5.41) is 13.5. The number of fused-ring (bicyclic) bond motifs is 1. The molecule has 10 heteroatoms. The Hall–Kier alpha value is -4.00. The van der Waals surface area contributed by atoms with Crippen LogP contribution in [0.3, 0.4) is 0 Å². The number of ether oxygens (including phenoxy) is 1. The highest BCUT2D eigenvalue weighted by Gasteiger charge is 2.16. The molecular weight excluding hydrogens is 368 g/mol. The molecule has 0 aliphatic carbocycles. The zero-order valence-electron chi connectivity index (χ0n) is 14.5. The van der Waals surface area contributed by atoms with Crippen molar-refractivity contribution >= 4 is 16.9 Å². The molecule has 4 rings (SSSR count). The minimum atomic E-state index is -2.99. The van der Waals surface area contributed by atoms with Crippen molar-refractivity contribution in [2.75, 3.05) is 5.73 Å². The van der Waals surface area contributed by atoms with Crippen molar-refractivity contribution in [1.82, 2.24) is 24.3 Å². The maximum absolute atomic E-state index is 12.5. The van der Waals surface area contributed by atoms with Crippen LogP contribution in [0.15, 0.2) is 42.9 Å². The van der Waals surface area contributed by atoms with Crippen molar-refractivity contribution < 1.29 is 13.5 Å². The van der Waals surface area contributed by atoms with Gasteiger partial charge in [0.05, 0.1) is 28.8 Å². The van der Waals surface area contributed by atoms with Gasteiger partial charge in [0.15, 0.2) is 5.65 Å². The molecule has 0 fully saturated rings. The first-order chi connectivity index (χ1) is 13.5. The molecule has 8 nitrogen and oxygen atoms in total. The van der Waals surface area contributed by atoms with E-state index < -0.39 is 6.61 Å². The number of nitriles is 1. The van der Waals surface area contributed by atoms with E-state index >= 15 is 0 Å². The highest BCUT2D eigenvalue weighted by Crippen LogP contribution is 2.25. The number of pyridine rings is 1. The summed E-state index contributed by atoms with van der Waals surface area (Å²) in [4.78, 5) is 8.59. The molecule has 0 spiro atoms. The number of nitrogens with zero attached hydrogens (tertiary/aromatic N) is 6. The van der Waals surface area contributed by atoms with Crippen LogP contribution in [-0.4, -0.2) is 30.9 Å². The Morgan fingerprint density at radius 3 is 2.79 bits per heavy atom. The van der Waals surface area contributed by atoms with Crippen LogP contribution in [0.2, 0.25) is 0 Å². The molecule has 0 atom stereocenters. The molecule has 0 radical (unpaired) electrons. The molecule has 140 valence electrons. The number of nitrogen functional groups attached to an aromatic ring is 1. The average Bonchev–Trinajstić information content (AvgIpc) is 3.23. The summed E-state index contributed by atoms with van der Waals surface area (Å²) in [6.07, 6.45) is 3.11. The predicted octanol–water partition coefficient (Wildman–Crippen LogP) is 2.97. The molecule has 2 N–H and O–H groups in total. The van der Waals surface area contributed by atoms with Gasteiger partial charge < -0.3 is 10.5 Å². The molecule has 0 aliphatic heterocycles. The van der Waals surface area contributed by atoms with Gasteiger partial charge in [0, 0.05) is 11.8 Å². The van der Waals surface area contributed by atoms with Gasteiger partial charge in [0.25, 0.3) is 0 Å². The van der Waals surface area contributed by atoms with Crippen LogP contribution < -0.4 is 10.5 Å². The molecule has 0 aliphatic rings. The summed E-state index contributed by atoms with van der Waals surface area (Å²) in [7, 11) is 0. The topological polar surface area (TPSA) is 108 Å². The molecule has 0 amide bonds. The largest absolute Gasteiger partial charge is 0.415 e. The summed E-state index contributed by atoms with van der Waals surface area (Å²) < 4.78 is 32.4. The number of benzene rings is 1. The van der Waals surface area contributed by atoms with Crippen LogP contribution >= 0.6 is 0 Å². The lowest BCUT2D eigenvalue weighted by molar-refractivity contribution is -0.0530. The van der Waals surface area contributed by atoms with Gasteiger partial charge >= 0.3 is 6.61 Å². The molecule has 0 unspecified atom stereocenters. The van der Waals surface area contributed by atoms with Crippen molar-refractivity contribution in [3.63, 3.8) is 0 Å². The maximum atomic E-state index is 12.5. The van der Waals surface area contributed by atoms with Crippen LogP contribution in [0.1, 0.15) is 11.3 Å². The standard InChI is InChI=1S/C18H13F2N7O/c1-10-4-16(28-18(19)20)25-27(10)15-6-13(3-2-11(15)7-21)26-9-24-14-5-12(22)8-23-17(14)26/h2-6,8-9,18H,22H2,1H3. The van der Waals surface area contributed by atoms with Gasteiger partial charge in [0.2, 0.25) is 5.88 Å². The van der Waals surface area contributed by atoms with E-state index in [0.29, 0.717) is 39.5 Å². The second-order valence-corrected chi connectivity index (χ2v) is 5.95. The third-order valence-corrected chi connectivity index (χ3v) is 4.09. The van der Waals surface area contributed by atoms with E-state index in [2.05, 4.69) is 25.9 Å². The Kier molecular flexibility index (Phi) is 4.12. The SMILES string of the molecule is Cc1cc(OC(F)F)nn1-c1cc(-n2cnc3cc(N)cnc32)ccc1C#N. The molecule has 0 saturated heterocycles. The summed E-state index contributed by atoms with van der Waals surface area (Å²) in [6.45, 7) is -1.31. The second-order valence-electron chi connectivity index (χ2n) is 5.95. The fraction of sp³-hybridized carbons (Fsp3) is 0.111. The first-order valence-corrected chi connectivity index (χ1v) is 8.11. The number of nitrogens with two attached hydrogens (primary N) is 1. The van der Waals surface area contributed by atoms with E-state index in [0.717, 1.165) is 0 Å². The monoisotopic (exact) mass is 381 g/mol. The molecule has 1 aromatic carbocycles. The van der Waals surface area contributed by atoms with E-state index in [-0.39, 0.29) is 5.88 Å². The second kappa shape index (κ2) is 6.62. The van der Waals surface area contributed by atoms with Crippen molar-refractivity contribution in [2.45, 2.75) is 13.5 Å². The first-order valence-electron chi connectivity index (χ1n) is 8.11. The summed E-state index contributed by atoms with van der Waals surface area (Å²) in [5.41, 5.74) is 9.38.